The van der Waals surface area contributed by atoms with E-state index in [1.54, 1.807) is 0 Å². The van der Waals surface area contributed by atoms with E-state index in [1.807, 2.05) is 0 Å². The fourth-order valence-corrected chi connectivity index (χ4v) is 2.94. The first-order chi connectivity index (χ1) is 5.46. The SMILES string of the molecule is CC(C)(C)C1(O)[C@@H]2C=C[C@H]1CC2. The molecule has 2 rings (SSSR count). The van der Waals surface area contributed by atoms with E-state index in [0.717, 1.165) is 0 Å². The molecule has 68 valence electrons. The monoisotopic (exact) mass is 166 g/mol. The van der Waals surface area contributed by atoms with Crippen LogP contribution < -0.4 is 0 Å². The van der Waals surface area contributed by atoms with Gasteiger partial charge < -0.3 is 5.11 Å². The maximum atomic E-state index is 10.6. The molecule has 1 N–H and O–H groups in total. The molecule has 0 aromatic carbocycles. The summed E-state index contributed by atoms with van der Waals surface area (Å²) < 4.78 is 0. The first-order valence-electron chi connectivity index (χ1n) is 4.87. The van der Waals surface area contributed by atoms with Crippen molar-refractivity contribution in [1.82, 2.24) is 0 Å². The second kappa shape index (κ2) is 2.14. The second-order valence-electron chi connectivity index (χ2n) is 5.25. The average Bonchev–Trinajstić information content (AvgIpc) is 2.45. The van der Waals surface area contributed by atoms with E-state index < -0.39 is 5.60 Å². The third-order valence-electron chi connectivity index (χ3n) is 3.70. The Bertz CT molecular complexity index is 208. The average molecular weight is 166 g/mol. The maximum Gasteiger partial charge on any atom is 0.0820 e. The Kier molecular flexibility index (Phi) is 1.48. The normalized spacial score (nSPS) is 45.7. The number of fused-ring (bicyclic) bond motifs is 2. The van der Waals surface area contributed by atoms with Gasteiger partial charge in [-0.15, -0.1) is 0 Å². The highest BCUT2D eigenvalue weighted by Crippen LogP contribution is 2.55. The fraction of sp³-hybridized carbons (Fsp3) is 0.818. The van der Waals surface area contributed by atoms with Crippen LogP contribution in [0.25, 0.3) is 0 Å². The van der Waals surface area contributed by atoms with Gasteiger partial charge in [0.25, 0.3) is 0 Å². The van der Waals surface area contributed by atoms with Crippen LogP contribution in [0.1, 0.15) is 33.6 Å². The Morgan fingerprint density at radius 2 is 1.58 bits per heavy atom. The fourth-order valence-electron chi connectivity index (χ4n) is 2.94. The highest BCUT2D eigenvalue weighted by atomic mass is 16.3. The van der Waals surface area contributed by atoms with Gasteiger partial charge >= 0.3 is 0 Å². The van der Waals surface area contributed by atoms with Crippen LogP contribution in [0.15, 0.2) is 12.2 Å². The molecule has 1 heteroatoms. The van der Waals surface area contributed by atoms with Crippen molar-refractivity contribution in [1.29, 1.82) is 0 Å². The molecule has 2 aliphatic carbocycles. The van der Waals surface area contributed by atoms with Crippen molar-refractivity contribution >= 4 is 0 Å². The minimum absolute atomic E-state index is 0.0162. The van der Waals surface area contributed by atoms with E-state index in [4.69, 9.17) is 0 Å². The van der Waals surface area contributed by atoms with Crippen molar-refractivity contribution in [2.24, 2.45) is 17.3 Å². The van der Waals surface area contributed by atoms with Crippen LogP contribution in [-0.2, 0) is 0 Å². The summed E-state index contributed by atoms with van der Waals surface area (Å²) in [6.45, 7) is 6.43. The molecule has 12 heavy (non-hydrogen) atoms. The lowest BCUT2D eigenvalue weighted by atomic mass is 9.69. The highest BCUT2D eigenvalue weighted by Gasteiger charge is 2.56. The summed E-state index contributed by atoms with van der Waals surface area (Å²) >= 11 is 0. The molecule has 0 aromatic rings. The van der Waals surface area contributed by atoms with Crippen molar-refractivity contribution in [2.45, 2.75) is 39.2 Å². The van der Waals surface area contributed by atoms with Crippen LogP contribution in [0.5, 0.6) is 0 Å². The lowest BCUT2D eigenvalue weighted by Crippen LogP contribution is -2.47. The molecule has 1 saturated carbocycles. The smallest absolute Gasteiger partial charge is 0.0820 e. The zero-order valence-corrected chi connectivity index (χ0v) is 8.17. The molecule has 1 nitrogen and oxygen atoms in total. The molecular formula is C11H18O. The first-order valence-corrected chi connectivity index (χ1v) is 4.87. The van der Waals surface area contributed by atoms with Crippen molar-refractivity contribution < 1.29 is 5.11 Å². The molecule has 3 atom stereocenters. The van der Waals surface area contributed by atoms with E-state index in [2.05, 4.69) is 32.9 Å². The molecule has 0 saturated heterocycles. The standard InChI is InChI=1S/C11H18O/c1-10(2,3)11(12)8-4-5-9(11)7-6-8/h4-5,8-9,12H,6-7H2,1-3H3/t8-,9+,11?. The summed E-state index contributed by atoms with van der Waals surface area (Å²) in [6.07, 6.45) is 6.77. The van der Waals surface area contributed by atoms with Crippen molar-refractivity contribution in [2.75, 3.05) is 0 Å². The zero-order chi connectivity index (χ0) is 8.98. The Morgan fingerprint density at radius 1 is 1.17 bits per heavy atom. The number of hydrogen-bond donors (Lipinski definition) is 1. The van der Waals surface area contributed by atoms with Gasteiger partial charge in [0.1, 0.15) is 0 Å². The minimum Gasteiger partial charge on any atom is -0.388 e. The first kappa shape index (κ1) is 8.31. The van der Waals surface area contributed by atoms with Crippen LogP contribution in [0.4, 0.5) is 0 Å². The van der Waals surface area contributed by atoms with Gasteiger partial charge in [-0.2, -0.15) is 0 Å². The Labute approximate surface area is 74.5 Å². The van der Waals surface area contributed by atoms with E-state index in [9.17, 15) is 5.11 Å². The highest BCUT2D eigenvalue weighted by molar-refractivity contribution is 5.22. The topological polar surface area (TPSA) is 20.2 Å². The predicted octanol–water partition coefficient (Wildman–Crippen LogP) is 2.36. The van der Waals surface area contributed by atoms with Crippen molar-refractivity contribution in [3.05, 3.63) is 12.2 Å². The molecule has 2 aliphatic rings. The molecule has 2 bridgehead atoms. The van der Waals surface area contributed by atoms with Gasteiger partial charge in [-0.25, -0.2) is 0 Å². The van der Waals surface area contributed by atoms with Crippen LogP contribution in [0.3, 0.4) is 0 Å². The number of hydrogen-bond acceptors (Lipinski definition) is 1. The predicted molar refractivity (Wildman–Crippen MR) is 49.8 cm³/mol. The molecule has 1 fully saturated rings. The number of aliphatic hydroxyl groups is 1. The van der Waals surface area contributed by atoms with E-state index >= 15 is 0 Å². The lowest BCUT2D eigenvalue weighted by Gasteiger charge is -2.41. The summed E-state index contributed by atoms with van der Waals surface area (Å²) in [5, 5.41) is 10.6. The summed E-state index contributed by atoms with van der Waals surface area (Å²) in [6, 6.07) is 0. The quantitative estimate of drug-likeness (QED) is 0.548. The summed E-state index contributed by atoms with van der Waals surface area (Å²) in [4.78, 5) is 0. The third kappa shape index (κ3) is 0.779. The van der Waals surface area contributed by atoms with Gasteiger partial charge in [-0.1, -0.05) is 32.9 Å². The van der Waals surface area contributed by atoms with Crippen molar-refractivity contribution in [3.63, 3.8) is 0 Å². The maximum absolute atomic E-state index is 10.6. The van der Waals surface area contributed by atoms with E-state index in [1.165, 1.54) is 12.8 Å². The van der Waals surface area contributed by atoms with Crippen LogP contribution in [0, 0.1) is 17.3 Å². The van der Waals surface area contributed by atoms with Crippen LogP contribution >= 0.6 is 0 Å². The third-order valence-corrected chi connectivity index (χ3v) is 3.70. The largest absolute Gasteiger partial charge is 0.388 e. The van der Waals surface area contributed by atoms with Gasteiger partial charge in [0, 0.05) is 11.8 Å². The van der Waals surface area contributed by atoms with Crippen LogP contribution in [0.2, 0.25) is 0 Å². The summed E-state index contributed by atoms with van der Waals surface area (Å²) in [5.74, 6) is 0.838. The Hall–Kier alpha value is -0.300. The second-order valence-corrected chi connectivity index (χ2v) is 5.25. The van der Waals surface area contributed by atoms with E-state index in [0.29, 0.717) is 11.8 Å². The van der Waals surface area contributed by atoms with Gasteiger partial charge in [0.2, 0.25) is 0 Å². The molecule has 0 radical (unpaired) electrons. The van der Waals surface area contributed by atoms with Gasteiger partial charge in [0.05, 0.1) is 5.60 Å². The molecule has 0 heterocycles. The molecule has 0 aromatic heterocycles. The van der Waals surface area contributed by atoms with Gasteiger partial charge in [0.15, 0.2) is 0 Å². The molecule has 0 aliphatic heterocycles. The zero-order valence-electron chi connectivity index (χ0n) is 8.17. The van der Waals surface area contributed by atoms with E-state index in [-0.39, 0.29) is 5.41 Å². The lowest BCUT2D eigenvalue weighted by molar-refractivity contribution is -0.0886. The van der Waals surface area contributed by atoms with Crippen molar-refractivity contribution in [3.8, 4) is 0 Å². The minimum atomic E-state index is -0.451. The number of rotatable bonds is 0. The molecule has 0 amide bonds. The Balaban J connectivity index is 2.36. The van der Waals surface area contributed by atoms with Crippen LogP contribution in [-0.4, -0.2) is 10.7 Å². The summed E-state index contributed by atoms with van der Waals surface area (Å²) in [7, 11) is 0. The van der Waals surface area contributed by atoms with Gasteiger partial charge in [-0.3, -0.25) is 0 Å². The molecule has 0 spiro atoms. The van der Waals surface area contributed by atoms with Gasteiger partial charge in [-0.05, 0) is 18.3 Å². The summed E-state index contributed by atoms with van der Waals surface area (Å²) in [5.41, 5.74) is -0.435. The molecular weight excluding hydrogens is 148 g/mol. The Morgan fingerprint density at radius 3 is 1.75 bits per heavy atom. The molecule has 1 unspecified atom stereocenters.